The fraction of sp³-hybridized carbons (Fsp3) is 0.824. The van der Waals surface area contributed by atoms with Crippen molar-refractivity contribution < 1.29 is 19.1 Å². The fourth-order valence-electron chi connectivity index (χ4n) is 3.67. The fourth-order valence-corrected chi connectivity index (χ4v) is 3.67. The van der Waals surface area contributed by atoms with Gasteiger partial charge in [-0.05, 0) is 46.5 Å². The van der Waals surface area contributed by atoms with Crippen LogP contribution in [0.4, 0.5) is 9.59 Å². The molecular weight excluding hydrogens is 324 g/mol. The topological polar surface area (TPSA) is 91.0 Å². The molecular formula is C17H28N4O4. The van der Waals surface area contributed by atoms with Gasteiger partial charge in [-0.3, -0.25) is 4.79 Å². The Morgan fingerprint density at radius 1 is 1.16 bits per heavy atom. The molecule has 25 heavy (non-hydrogen) atoms. The smallest absolute Gasteiger partial charge is 0.410 e. The predicted octanol–water partition coefficient (Wildman–Crippen LogP) is 1.06. The van der Waals surface area contributed by atoms with Gasteiger partial charge in [0.2, 0.25) is 5.91 Å². The molecule has 4 amide bonds. The minimum absolute atomic E-state index is 0.0366. The van der Waals surface area contributed by atoms with E-state index in [1.54, 1.807) is 9.80 Å². The highest BCUT2D eigenvalue weighted by Gasteiger charge is 2.42. The second-order valence-electron chi connectivity index (χ2n) is 8.14. The minimum Gasteiger partial charge on any atom is -0.444 e. The van der Waals surface area contributed by atoms with E-state index in [1.807, 2.05) is 20.8 Å². The van der Waals surface area contributed by atoms with Crippen LogP contribution in [0.3, 0.4) is 0 Å². The molecule has 3 aliphatic heterocycles. The maximum atomic E-state index is 12.6. The molecule has 0 aromatic rings. The first-order valence-electron chi connectivity index (χ1n) is 9.08. The Balaban J connectivity index is 1.47. The maximum Gasteiger partial charge on any atom is 0.410 e. The van der Waals surface area contributed by atoms with Crippen LogP contribution in [0, 0.1) is 0 Å². The van der Waals surface area contributed by atoms with E-state index in [1.165, 1.54) is 0 Å². The van der Waals surface area contributed by atoms with E-state index in [-0.39, 0.29) is 36.2 Å². The molecule has 2 atom stereocenters. The highest BCUT2D eigenvalue weighted by Crippen LogP contribution is 2.23. The minimum atomic E-state index is -0.503. The summed E-state index contributed by atoms with van der Waals surface area (Å²) in [6.07, 6.45) is 2.65. The van der Waals surface area contributed by atoms with Crippen molar-refractivity contribution >= 4 is 18.0 Å². The summed E-state index contributed by atoms with van der Waals surface area (Å²) in [6, 6.07) is -0.284. The maximum absolute atomic E-state index is 12.6. The van der Waals surface area contributed by atoms with E-state index in [2.05, 4.69) is 10.6 Å². The van der Waals surface area contributed by atoms with E-state index in [4.69, 9.17) is 4.74 Å². The molecule has 0 aromatic carbocycles. The number of fused-ring (bicyclic) bond motifs is 2. The number of hydrogen-bond donors (Lipinski definition) is 2. The summed E-state index contributed by atoms with van der Waals surface area (Å²) in [6.45, 7) is 7.30. The van der Waals surface area contributed by atoms with Gasteiger partial charge in [-0.2, -0.15) is 0 Å². The van der Waals surface area contributed by atoms with E-state index in [9.17, 15) is 14.4 Å². The summed E-state index contributed by atoms with van der Waals surface area (Å²) in [4.78, 5) is 39.8. The summed E-state index contributed by atoms with van der Waals surface area (Å²) in [5.74, 6) is -0.0776. The molecule has 0 saturated carbocycles. The average molecular weight is 352 g/mol. The van der Waals surface area contributed by atoms with Gasteiger partial charge in [0.1, 0.15) is 11.6 Å². The number of carbonyl (C=O) groups excluding carboxylic acids is 3. The number of nitrogens with zero attached hydrogens (tertiary/aromatic N) is 2. The monoisotopic (exact) mass is 352 g/mol. The van der Waals surface area contributed by atoms with Crippen molar-refractivity contribution in [3.63, 3.8) is 0 Å². The first-order valence-corrected chi connectivity index (χ1v) is 9.08. The Kier molecular flexibility index (Phi) is 4.79. The highest BCUT2D eigenvalue weighted by atomic mass is 16.6. The molecule has 0 unspecified atom stereocenters. The van der Waals surface area contributed by atoms with Gasteiger partial charge in [-0.25, -0.2) is 9.59 Å². The van der Waals surface area contributed by atoms with Gasteiger partial charge in [-0.15, -0.1) is 0 Å². The van der Waals surface area contributed by atoms with Crippen LogP contribution in [0.1, 0.15) is 46.5 Å². The Bertz CT molecular complexity index is 551. The molecule has 3 rings (SSSR count). The first kappa shape index (κ1) is 17.8. The number of urea groups is 1. The molecule has 0 aliphatic carbocycles. The third-order valence-electron chi connectivity index (χ3n) is 4.97. The van der Waals surface area contributed by atoms with Crippen LogP contribution in [0.2, 0.25) is 0 Å². The summed E-state index contributed by atoms with van der Waals surface area (Å²) >= 11 is 0. The van der Waals surface area contributed by atoms with Crippen LogP contribution < -0.4 is 10.6 Å². The zero-order valence-corrected chi connectivity index (χ0v) is 15.2. The molecule has 3 fully saturated rings. The molecule has 0 aromatic heterocycles. The normalized spacial score (nSPS) is 27.1. The van der Waals surface area contributed by atoms with Gasteiger partial charge in [0.05, 0.1) is 0 Å². The van der Waals surface area contributed by atoms with Crippen molar-refractivity contribution in [3.8, 4) is 0 Å². The van der Waals surface area contributed by atoms with Crippen molar-refractivity contribution in [2.75, 3.05) is 19.6 Å². The quantitative estimate of drug-likeness (QED) is 0.777. The van der Waals surface area contributed by atoms with E-state index >= 15 is 0 Å². The van der Waals surface area contributed by atoms with Crippen molar-refractivity contribution in [1.29, 1.82) is 0 Å². The van der Waals surface area contributed by atoms with Crippen LogP contribution in [0.25, 0.3) is 0 Å². The van der Waals surface area contributed by atoms with Crippen molar-refractivity contribution in [2.24, 2.45) is 0 Å². The average Bonchev–Trinajstić information content (AvgIpc) is 2.81. The molecule has 8 nitrogen and oxygen atoms in total. The summed E-state index contributed by atoms with van der Waals surface area (Å²) in [5.41, 5.74) is -0.503. The standard InChI is InChI=1S/C17H28N4O4/c1-17(2,3)25-16(24)20-8-6-11(7-9-20)18-14(22)13-5-4-12-10-21(13)15(23)19-12/h11-13H,4-10H2,1-3H3,(H,18,22)(H,19,23)/t12-,13+/m1/s1. The second-order valence-corrected chi connectivity index (χ2v) is 8.14. The Labute approximate surface area is 148 Å². The summed E-state index contributed by atoms with van der Waals surface area (Å²) in [5, 5.41) is 5.95. The number of hydrogen-bond acceptors (Lipinski definition) is 4. The Morgan fingerprint density at radius 2 is 1.84 bits per heavy atom. The zero-order chi connectivity index (χ0) is 18.2. The van der Waals surface area contributed by atoms with Gasteiger partial charge in [0.15, 0.2) is 0 Å². The van der Waals surface area contributed by atoms with Crippen LogP contribution in [0.5, 0.6) is 0 Å². The first-order chi connectivity index (χ1) is 11.7. The van der Waals surface area contributed by atoms with E-state index in [0.717, 1.165) is 6.42 Å². The van der Waals surface area contributed by atoms with Crippen molar-refractivity contribution in [1.82, 2.24) is 20.4 Å². The lowest BCUT2D eigenvalue weighted by Crippen LogP contribution is -2.54. The van der Waals surface area contributed by atoms with Crippen LogP contribution in [-0.4, -0.2) is 71.2 Å². The van der Waals surface area contributed by atoms with Crippen molar-refractivity contribution in [2.45, 2.75) is 70.2 Å². The SMILES string of the molecule is CC(C)(C)OC(=O)N1CCC(NC(=O)[C@@H]2CC[C@@H]3CN2C(=O)N3)CC1. The molecule has 3 saturated heterocycles. The zero-order valence-electron chi connectivity index (χ0n) is 15.2. The molecule has 3 aliphatic rings. The van der Waals surface area contributed by atoms with Gasteiger partial charge in [-0.1, -0.05) is 0 Å². The number of ether oxygens (including phenoxy) is 1. The van der Waals surface area contributed by atoms with Gasteiger partial charge < -0.3 is 25.2 Å². The van der Waals surface area contributed by atoms with Gasteiger partial charge in [0, 0.05) is 31.7 Å². The number of nitrogens with one attached hydrogen (secondary N) is 2. The molecule has 3 heterocycles. The molecule has 8 heteroatoms. The lowest BCUT2D eigenvalue weighted by molar-refractivity contribution is -0.127. The number of carbonyl (C=O) groups is 3. The number of rotatable bonds is 2. The Morgan fingerprint density at radius 3 is 2.48 bits per heavy atom. The molecule has 2 N–H and O–H groups in total. The van der Waals surface area contributed by atoms with Crippen LogP contribution in [0.15, 0.2) is 0 Å². The third kappa shape index (κ3) is 4.16. The highest BCUT2D eigenvalue weighted by molar-refractivity contribution is 5.89. The number of piperidine rings is 2. The molecule has 0 spiro atoms. The van der Waals surface area contributed by atoms with E-state index < -0.39 is 5.60 Å². The number of amides is 4. The lowest BCUT2D eigenvalue weighted by atomic mass is 9.99. The molecule has 2 bridgehead atoms. The molecule has 0 radical (unpaired) electrons. The predicted molar refractivity (Wildman–Crippen MR) is 91.0 cm³/mol. The lowest BCUT2D eigenvalue weighted by Gasteiger charge is -2.35. The summed E-state index contributed by atoms with van der Waals surface area (Å²) in [7, 11) is 0. The third-order valence-corrected chi connectivity index (χ3v) is 4.97. The van der Waals surface area contributed by atoms with E-state index in [0.29, 0.717) is 38.9 Å². The number of likely N-dealkylation sites (tertiary alicyclic amines) is 1. The van der Waals surface area contributed by atoms with Crippen LogP contribution >= 0.6 is 0 Å². The van der Waals surface area contributed by atoms with Crippen molar-refractivity contribution in [3.05, 3.63) is 0 Å². The molecule has 140 valence electrons. The largest absolute Gasteiger partial charge is 0.444 e. The second kappa shape index (κ2) is 6.72. The van der Waals surface area contributed by atoms with Gasteiger partial charge in [0.25, 0.3) is 0 Å². The Hall–Kier alpha value is -1.99. The summed E-state index contributed by atoms with van der Waals surface area (Å²) < 4.78 is 5.38. The van der Waals surface area contributed by atoms with Crippen LogP contribution in [-0.2, 0) is 9.53 Å². The van der Waals surface area contributed by atoms with Gasteiger partial charge >= 0.3 is 12.1 Å².